The van der Waals surface area contributed by atoms with Crippen molar-refractivity contribution in [2.24, 2.45) is 0 Å². The second-order valence-corrected chi connectivity index (χ2v) is 4.76. The van der Waals surface area contributed by atoms with Crippen molar-refractivity contribution in [3.05, 3.63) is 65.0 Å². The van der Waals surface area contributed by atoms with Crippen LogP contribution in [0.1, 0.15) is 21.5 Å². The molecule has 0 radical (unpaired) electrons. The molecule has 0 unspecified atom stereocenters. The molecular weight excluding hydrogens is 257 g/mol. The van der Waals surface area contributed by atoms with E-state index in [0.717, 1.165) is 0 Å². The molecule has 104 valence electrons. The van der Waals surface area contributed by atoms with Gasteiger partial charge in [0.15, 0.2) is 0 Å². The molecule has 0 heterocycles. The monoisotopic (exact) mass is 273 g/mol. The van der Waals surface area contributed by atoms with Crippen LogP contribution in [0, 0.1) is 12.7 Å². The van der Waals surface area contributed by atoms with Crippen LogP contribution in [0.15, 0.2) is 42.5 Å². The Kier molecular flexibility index (Phi) is 4.03. The summed E-state index contributed by atoms with van der Waals surface area (Å²) in [6.07, 6.45) is 0. The van der Waals surface area contributed by atoms with Crippen molar-refractivity contribution in [1.82, 2.24) is 4.90 Å². The van der Waals surface area contributed by atoms with Gasteiger partial charge in [-0.25, -0.2) is 4.39 Å². The van der Waals surface area contributed by atoms with Crippen molar-refractivity contribution >= 4 is 5.91 Å². The minimum atomic E-state index is -0.332. The van der Waals surface area contributed by atoms with Crippen LogP contribution in [-0.2, 0) is 6.54 Å². The summed E-state index contributed by atoms with van der Waals surface area (Å²) in [6, 6.07) is 11.1. The average molecular weight is 273 g/mol. The Morgan fingerprint density at radius 1 is 1.25 bits per heavy atom. The van der Waals surface area contributed by atoms with Gasteiger partial charge in [0.25, 0.3) is 5.91 Å². The number of phenols is 1. The lowest BCUT2D eigenvalue weighted by Crippen LogP contribution is -2.26. The van der Waals surface area contributed by atoms with Gasteiger partial charge in [0.05, 0.1) is 5.56 Å². The van der Waals surface area contributed by atoms with Gasteiger partial charge in [-0.15, -0.1) is 0 Å². The fourth-order valence-electron chi connectivity index (χ4n) is 2.02. The molecule has 0 bridgehead atoms. The zero-order valence-corrected chi connectivity index (χ0v) is 11.4. The number of aryl methyl sites for hydroxylation is 1. The van der Waals surface area contributed by atoms with E-state index in [-0.39, 0.29) is 29.6 Å². The summed E-state index contributed by atoms with van der Waals surface area (Å²) in [6.45, 7) is 2.02. The topological polar surface area (TPSA) is 40.5 Å². The highest BCUT2D eigenvalue weighted by Crippen LogP contribution is 2.23. The third-order valence-electron chi connectivity index (χ3n) is 3.12. The van der Waals surface area contributed by atoms with Crippen LogP contribution in [0.2, 0.25) is 0 Å². The quantitative estimate of drug-likeness (QED) is 0.933. The zero-order valence-electron chi connectivity index (χ0n) is 11.4. The van der Waals surface area contributed by atoms with Gasteiger partial charge in [-0.3, -0.25) is 4.79 Å². The Morgan fingerprint density at radius 3 is 2.65 bits per heavy atom. The van der Waals surface area contributed by atoms with Gasteiger partial charge in [-0.05, 0) is 36.2 Å². The minimum absolute atomic E-state index is 0.0106. The Labute approximate surface area is 117 Å². The predicted molar refractivity (Wildman–Crippen MR) is 75.0 cm³/mol. The number of para-hydroxylation sites is 1. The molecule has 2 rings (SSSR count). The molecule has 0 saturated heterocycles. The number of hydrogen-bond acceptors (Lipinski definition) is 2. The standard InChI is InChI=1S/C16H16FNO2/c1-11-5-3-8-14(15(11)19)16(20)18(2)10-12-6-4-7-13(17)9-12/h3-9,19H,10H2,1-2H3. The SMILES string of the molecule is Cc1cccc(C(=O)N(C)Cc2cccc(F)c2)c1O. The number of phenolic OH excluding ortho intramolecular Hbond substituents is 1. The number of amides is 1. The second kappa shape index (κ2) is 5.74. The van der Waals surface area contributed by atoms with Crippen molar-refractivity contribution in [1.29, 1.82) is 0 Å². The first-order valence-corrected chi connectivity index (χ1v) is 6.27. The smallest absolute Gasteiger partial charge is 0.257 e. The molecule has 3 nitrogen and oxygen atoms in total. The Hall–Kier alpha value is -2.36. The van der Waals surface area contributed by atoms with E-state index in [1.54, 1.807) is 44.3 Å². The molecular formula is C16H16FNO2. The van der Waals surface area contributed by atoms with Gasteiger partial charge in [0.2, 0.25) is 0 Å². The van der Waals surface area contributed by atoms with E-state index in [9.17, 15) is 14.3 Å². The Balaban J connectivity index is 2.19. The zero-order chi connectivity index (χ0) is 14.7. The highest BCUT2D eigenvalue weighted by atomic mass is 19.1. The molecule has 0 aliphatic carbocycles. The Morgan fingerprint density at radius 2 is 1.95 bits per heavy atom. The first kappa shape index (κ1) is 14.1. The van der Waals surface area contributed by atoms with Gasteiger partial charge in [0, 0.05) is 13.6 Å². The second-order valence-electron chi connectivity index (χ2n) is 4.76. The van der Waals surface area contributed by atoms with Crippen molar-refractivity contribution in [3.63, 3.8) is 0 Å². The summed E-state index contributed by atoms with van der Waals surface area (Å²) in [4.78, 5) is 13.7. The number of aromatic hydroxyl groups is 1. The largest absolute Gasteiger partial charge is 0.507 e. The molecule has 2 aromatic carbocycles. The van der Waals surface area contributed by atoms with Gasteiger partial charge in [-0.1, -0.05) is 24.3 Å². The van der Waals surface area contributed by atoms with Crippen molar-refractivity contribution in [2.75, 3.05) is 7.05 Å². The minimum Gasteiger partial charge on any atom is -0.507 e. The summed E-state index contributed by atoms with van der Waals surface area (Å²) >= 11 is 0. The molecule has 1 amide bonds. The normalized spacial score (nSPS) is 10.3. The van der Waals surface area contributed by atoms with Gasteiger partial charge in [0.1, 0.15) is 11.6 Å². The first-order chi connectivity index (χ1) is 9.49. The molecule has 4 heteroatoms. The number of hydrogen-bond donors (Lipinski definition) is 1. The third-order valence-corrected chi connectivity index (χ3v) is 3.12. The summed E-state index contributed by atoms with van der Waals surface area (Å²) in [5.41, 5.74) is 1.60. The number of halogens is 1. The lowest BCUT2D eigenvalue weighted by atomic mass is 10.1. The van der Waals surface area contributed by atoms with Crippen LogP contribution in [0.25, 0.3) is 0 Å². The molecule has 0 spiro atoms. The highest BCUT2D eigenvalue weighted by molar-refractivity contribution is 5.97. The fourth-order valence-corrected chi connectivity index (χ4v) is 2.02. The van der Waals surface area contributed by atoms with Crippen LogP contribution in [0.4, 0.5) is 4.39 Å². The first-order valence-electron chi connectivity index (χ1n) is 6.27. The van der Waals surface area contributed by atoms with Crippen LogP contribution in [-0.4, -0.2) is 23.0 Å². The maximum atomic E-state index is 13.1. The molecule has 2 aromatic rings. The number of carbonyl (C=O) groups excluding carboxylic acids is 1. The lowest BCUT2D eigenvalue weighted by Gasteiger charge is -2.18. The third kappa shape index (κ3) is 2.96. The molecule has 0 aliphatic heterocycles. The van der Waals surface area contributed by atoms with E-state index in [1.807, 2.05) is 0 Å². The molecule has 0 aromatic heterocycles. The van der Waals surface area contributed by atoms with Gasteiger partial charge >= 0.3 is 0 Å². The molecule has 0 atom stereocenters. The number of rotatable bonds is 3. The molecule has 0 aliphatic rings. The van der Waals surface area contributed by atoms with E-state index >= 15 is 0 Å². The van der Waals surface area contributed by atoms with Crippen molar-refractivity contribution in [2.45, 2.75) is 13.5 Å². The van der Waals surface area contributed by atoms with Crippen LogP contribution < -0.4 is 0 Å². The van der Waals surface area contributed by atoms with E-state index in [1.165, 1.54) is 17.0 Å². The van der Waals surface area contributed by atoms with Gasteiger partial charge < -0.3 is 10.0 Å². The fraction of sp³-hybridized carbons (Fsp3) is 0.188. The van der Waals surface area contributed by atoms with Crippen LogP contribution >= 0.6 is 0 Å². The van der Waals surface area contributed by atoms with Crippen LogP contribution in [0.5, 0.6) is 5.75 Å². The summed E-state index contributed by atoms with van der Waals surface area (Å²) < 4.78 is 13.1. The van der Waals surface area contributed by atoms with E-state index in [0.29, 0.717) is 11.1 Å². The average Bonchev–Trinajstić information content (AvgIpc) is 2.41. The number of benzene rings is 2. The van der Waals surface area contributed by atoms with E-state index < -0.39 is 0 Å². The van der Waals surface area contributed by atoms with E-state index in [4.69, 9.17) is 0 Å². The number of nitrogens with zero attached hydrogens (tertiary/aromatic N) is 1. The van der Waals surface area contributed by atoms with Crippen molar-refractivity contribution in [3.8, 4) is 5.75 Å². The lowest BCUT2D eigenvalue weighted by molar-refractivity contribution is 0.0781. The Bertz CT molecular complexity index is 640. The summed E-state index contributed by atoms with van der Waals surface area (Å²) in [5.74, 6) is -0.638. The maximum absolute atomic E-state index is 13.1. The van der Waals surface area contributed by atoms with Gasteiger partial charge in [-0.2, -0.15) is 0 Å². The van der Waals surface area contributed by atoms with Crippen LogP contribution in [0.3, 0.4) is 0 Å². The highest BCUT2D eigenvalue weighted by Gasteiger charge is 2.17. The molecule has 20 heavy (non-hydrogen) atoms. The summed E-state index contributed by atoms with van der Waals surface area (Å²) in [5, 5.41) is 9.92. The predicted octanol–water partition coefficient (Wildman–Crippen LogP) is 3.11. The van der Waals surface area contributed by atoms with Crippen molar-refractivity contribution < 1.29 is 14.3 Å². The molecule has 1 N–H and O–H groups in total. The molecule has 0 saturated carbocycles. The van der Waals surface area contributed by atoms with E-state index in [2.05, 4.69) is 0 Å². The summed E-state index contributed by atoms with van der Waals surface area (Å²) in [7, 11) is 1.62. The molecule has 0 fully saturated rings. The maximum Gasteiger partial charge on any atom is 0.257 e. The number of carbonyl (C=O) groups is 1.